The lowest BCUT2D eigenvalue weighted by atomic mass is 9.84. The predicted molar refractivity (Wildman–Crippen MR) is 89.6 cm³/mol. The Bertz CT molecular complexity index is 403. The summed E-state index contributed by atoms with van der Waals surface area (Å²) in [5.74, 6) is 0. The van der Waals surface area contributed by atoms with Gasteiger partial charge in [0.1, 0.15) is 0 Å². The van der Waals surface area contributed by atoms with Crippen molar-refractivity contribution < 1.29 is 0 Å². The van der Waals surface area contributed by atoms with E-state index in [1.165, 1.54) is 31.2 Å². The van der Waals surface area contributed by atoms with Gasteiger partial charge >= 0.3 is 0 Å². The Hall–Kier alpha value is -0.380. The van der Waals surface area contributed by atoms with Crippen LogP contribution in [0.3, 0.4) is 0 Å². The smallest absolute Gasteiger partial charge is 0.0604 e. The van der Waals surface area contributed by atoms with Gasteiger partial charge in [-0.2, -0.15) is 0 Å². The SMILES string of the molecule is CCNC(c1sccc1C)C1(N(CC)CC)CCCC1. The second kappa shape index (κ2) is 7.06. The molecular weight excluding hydrogens is 264 g/mol. The molecule has 0 bridgehead atoms. The molecule has 1 aromatic heterocycles. The number of hydrogen-bond acceptors (Lipinski definition) is 3. The number of rotatable bonds is 7. The van der Waals surface area contributed by atoms with Crippen LogP contribution in [0.4, 0.5) is 0 Å². The lowest BCUT2D eigenvalue weighted by Crippen LogP contribution is -2.55. The van der Waals surface area contributed by atoms with E-state index in [0.29, 0.717) is 11.6 Å². The van der Waals surface area contributed by atoms with Crippen molar-refractivity contribution in [3.8, 4) is 0 Å². The lowest BCUT2D eigenvalue weighted by molar-refractivity contribution is 0.0643. The van der Waals surface area contributed by atoms with Crippen LogP contribution in [0.5, 0.6) is 0 Å². The fourth-order valence-electron chi connectivity index (χ4n) is 4.04. The van der Waals surface area contributed by atoms with Crippen LogP contribution in [-0.4, -0.2) is 30.1 Å². The molecule has 114 valence electrons. The Labute approximate surface area is 128 Å². The average Bonchev–Trinajstić information content (AvgIpc) is 3.08. The first-order chi connectivity index (χ1) is 9.69. The highest BCUT2D eigenvalue weighted by Crippen LogP contribution is 2.46. The Kier molecular flexibility index (Phi) is 5.65. The maximum atomic E-state index is 3.83. The molecule has 0 amide bonds. The van der Waals surface area contributed by atoms with Gasteiger partial charge < -0.3 is 5.32 Å². The molecule has 0 aliphatic heterocycles. The minimum absolute atomic E-state index is 0.328. The minimum Gasteiger partial charge on any atom is -0.308 e. The summed E-state index contributed by atoms with van der Waals surface area (Å²) in [6.07, 6.45) is 5.43. The number of aryl methyl sites for hydroxylation is 1. The Morgan fingerprint density at radius 3 is 2.35 bits per heavy atom. The molecular formula is C17H30N2S. The number of thiophene rings is 1. The highest BCUT2D eigenvalue weighted by molar-refractivity contribution is 7.10. The first-order valence-corrected chi connectivity index (χ1v) is 9.10. The van der Waals surface area contributed by atoms with Gasteiger partial charge in [0.2, 0.25) is 0 Å². The van der Waals surface area contributed by atoms with Crippen molar-refractivity contribution in [1.29, 1.82) is 0 Å². The zero-order valence-electron chi connectivity index (χ0n) is 13.5. The van der Waals surface area contributed by atoms with Gasteiger partial charge in [0.05, 0.1) is 6.04 Å². The van der Waals surface area contributed by atoms with E-state index in [9.17, 15) is 0 Å². The molecule has 20 heavy (non-hydrogen) atoms. The van der Waals surface area contributed by atoms with Gasteiger partial charge in [-0.3, -0.25) is 4.90 Å². The molecule has 1 saturated carbocycles. The quantitative estimate of drug-likeness (QED) is 0.803. The predicted octanol–water partition coefficient (Wildman–Crippen LogP) is 4.36. The third-order valence-electron chi connectivity index (χ3n) is 4.97. The lowest BCUT2D eigenvalue weighted by Gasteiger charge is -2.46. The van der Waals surface area contributed by atoms with Crippen LogP contribution >= 0.6 is 11.3 Å². The number of likely N-dealkylation sites (N-methyl/N-ethyl adjacent to an activating group) is 2. The molecule has 1 fully saturated rings. The highest BCUT2D eigenvalue weighted by atomic mass is 32.1. The van der Waals surface area contributed by atoms with Crippen molar-refractivity contribution in [3.63, 3.8) is 0 Å². The Morgan fingerprint density at radius 2 is 1.90 bits per heavy atom. The van der Waals surface area contributed by atoms with Crippen LogP contribution < -0.4 is 5.32 Å². The average molecular weight is 295 g/mol. The molecule has 0 aromatic carbocycles. The van der Waals surface area contributed by atoms with Crippen molar-refractivity contribution >= 4 is 11.3 Å². The van der Waals surface area contributed by atoms with Gasteiger partial charge in [-0.15, -0.1) is 11.3 Å². The molecule has 1 unspecified atom stereocenters. The first kappa shape index (κ1) is 16.0. The van der Waals surface area contributed by atoms with Crippen molar-refractivity contribution in [1.82, 2.24) is 10.2 Å². The van der Waals surface area contributed by atoms with Gasteiger partial charge in [0, 0.05) is 10.4 Å². The third kappa shape index (κ3) is 2.81. The van der Waals surface area contributed by atoms with E-state index in [1.807, 2.05) is 11.3 Å². The second-order valence-electron chi connectivity index (χ2n) is 5.94. The number of hydrogen-bond donors (Lipinski definition) is 1. The number of nitrogens with one attached hydrogen (secondary N) is 1. The first-order valence-electron chi connectivity index (χ1n) is 8.22. The molecule has 1 aliphatic rings. The van der Waals surface area contributed by atoms with Crippen LogP contribution in [0.25, 0.3) is 0 Å². The summed E-state index contributed by atoms with van der Waals surface area (Å²) in [5, 5.41) is 6.08. The van der Waals surface area contributed by atoms with Crippen LogP contribution in [0.15, 0.2) is 11.4 Å². The van der Waals surface area contributed by atoms with Crippen LogP contribution in [0, 0.1) is 6.92 Å². The van der Waals surface area contributed by atoms with Crippen LogP contribution in [-0.2, 0) is 0 Å². The summed E-state index contributed by atoms with van der Waals surface area (Å²) in [5.41, 5.74) is 1.79. The molecule has 0 radical (unpaired) electrons. The summed E-state index contributed by atoms with van der Waals surface area (Å²) in [4.78, 5) is 4.27. The highest BCUT2D eigenvalue weighted by Gasteiger charge is 2.46. The molecule has 1 aliphatic carbocycles. The van der Waals surface area contributed by atoms with Gasteiger partial charge in [-0.1, -0.05) is 33.6 Å². The molecule has 2 rings (SSSR count). The summed E-state index contributed by atoms with van der Waals surface area (Å²) in [7, 11) is 0. The Morgan fingerprint density at radius 1 is 1.25 bits per heavy atom. The van der Waals surface area contributed by atoms with Crippen molar-refractivity contribution in [2.24, 2.45) is 0 Å². The fraction of sp³-hybridized carbons (Fsp3) is 0.765. The maximum Gasteiger partial charge on any atom is 0.0604 e. The van der Waals surface area contributed by atoms with Crippen LogP contribution in [0.1, 0.15) is 62.9 Å². The molecule has 1 heterocycles. The van der Waals surface area contributed by atoms with Gasteiger partial charge in [-0.25, -0.2) is 0 Å². The molecule has 2 nitrogen and oxygen atoms in total. The van der Waals surface area contributed by atoms with E-state index in [1.54, 1.807) is 4.88 Å². The minimum atomic E-state index is 0.328. The number of nitrogens with zero attached hydrogens (tertiary/aromatic N) is 1. The van der Waals surface area contributed by atoms with E-state index in [2.05, 4.69) is 49.4 Å². The zero-order chi connectivity index (χ0) is 14.6. The molecule has 1 atom stereocenters. The van der Waals surface area contributed by atoms with E-state index in [0.717, 1.165) is 19.6 Å². The van der Waals surface area contributed by atoms with Gasteiger partial charge in [0.25, 0.3) is 0 Å². The molecule has 1 N–H and O–H groups in total. The van der Waals surface area contributed by atoms with Crippen LogP contribution in [0.2, 0.25) is 0 Å². The molecule has 1 aromatic rings. The summed E-state index contributed by atoms with van der Waals surface area (Å²) >= 11 is 1.93. The van der Waals surface area contributed by atoms with Crippen molar-refractivity contribution in [2.45, 2.75) is 65.0 Å². The van der Waals surface area contributed by atoms with Gasteiger partial charge in [0.15, 0.2) is 0 Å². The summed E-state index contributed by atoms with van der Waals surface area (Å²) < 4.78 is 0. The molecule has 3 heteroatoms. The summed E-state index contributed by atoms with van der Waals surface area (Å²) in [6.45, 7) is 12.5. The molecule has 0 spiro atoms. The maximum absolute atomic E-state index is 3.83. The third-order valence-corrected chi connectivity index (χ3v) is 6.06. The van der Waals surface area contributed by atoms with E-state index < -0.39 is 0 Å². The standard InChI is InChI=1S/C17H30N2S/c1-5-18-16(15-14(4)10-13-20-15)17(11-8-9-12-17)19(6-2)7-3/h10,13,16,18H,5-9,11-12H2,1-4H3. The largest absolute Gasteiger partial charge is 0.308 e. The topological polar surface area (TPSA) is 15.3 Å². The van der Waals surface area contributed by atoms with E-state index in [-0.39, 0.29) is 0 Å². The second-order valence-corrected chi connectivity index (χ2v) is 6.89. The zero-order valence-corrected chi connectivity index (χ0v) is 14.4. The normalized spacial score (nSPS) is 19.6. The monoisotopic (exact) mass is 294 g/mol. The van der Waals surface area contributed by atoms with Crippen molar-refractivity contribution in [2.75, 3.05) is 19.6 Å². The molecule has 0 saturated heterocycles. The summed E-state index contributed by atoms with van der Waals surface area (Å²) in [6, 6.07) is 2.77. The fourth-order valence-corrected chi connectivity index (χ4v) is 5.15. The van der Waals surface area contributed by atoms with Gasteiger partial charge in [-0.05, 0) is 56.4 Å². The van der Waals surface area contributed by atoms with E-state index in [4.69, 9.17) is 0 Å². The van der Waals surface area contributed by atoms with Crippen molar-refractivity contribution in [3.05, 3.63) is 21.9 Å². The Balaban J connectivity index is 2.40. The van der Waals surface area contributed by atoms with E-state index >= 15 is 0 Å².